The molecule has 2 aromatic carbocycles. The Bertz CT molecular complexity index is 368. The Hall–Kier alpha value is -1.17. The zero-order chi connectivity index (χ0) is 10.5. The van der Waals surface area contributed by atoms with E-state index in [1.54, 1.807) is 10.5 Å². The van der Waals surface area contributed by atoms with Gasteiger partial charge in [-0.25, -0.2) is 0 Å². The lowest BCUT2D eigenvalue weighted by Gasteiger charge is -2.14. The molecule has 0 heterocycles. The number of hydrogen-bond donors (Lipinski definition) is 0. The minimum atomic E-state index is -1.42. The molecule has 0 amide bonds. The second-order valence-corrected chi connectivity index (χ2v) is 6.79. The van der Waals surface area contributed by atoms with Gasteiger partial charge in [-0.2, -0.15) is 0 Å². The maximum Gasteiger partial charge on any atom is 1.00 e. The molecule has 0 fully saturated rings. The Morgan fingerprint density at radius 1 is 0.800 bits per heavy atom. The standard InChI is InChI=1S/C12H13OSi2/c14-13-15(11-7-3-1-4-8-11)12-9-5-2-6-10-12/h1-10,15H,14H2/p+1. The SMILES string of the molecule is [H+].[SiH2]O[SiH](c1ccccc1)c1ccccc1. The summed E-state index contributed by atoms with van der Waals surface area (Å²) in [4.78, 5) is 0. The lowest BCUT2D eigenvalue weighted by atomic mass is 10.4. The molecule has 15 heavy (non-hydrogen) atoms. The van der Waals surface area contributed by atoms with E-state index in [0.717, 1.165) is 0 Å². The first-order valence-electron chi connectivity index (χ1n) is 4.92. The third kappa shape index (κ3) is 2.44. The molecule has 3 heteroatoms. The minimum absolute atomic E-state index is 0. The third-order valence-electron chi connectivity index (χ3n) is 2.37. The van der Waals surface area contributed by atoms with Gasteiger partial charge in [0.05, 0.1) is 0 Å². The van der Waals surface area contributed by atoms with Crippen LogP contribution in [0.15, 0.2) is 60.7 Å². The molecule has 0 saturated heterocycles. The van der Waals surface area contributed by atoms with Crippen LogP contribution >= 0.6 is 0 Å². The summed E-state index contributed by atoms with van der Waals surface area (Å²) < 4.78 is 5.69. The summed E-state index contributed by atoms with van der Waals surface area (Å²) in [6.07, 6.45) is 0. The second-order valence-electron chi connectivity index (χ2n) is 3.37. The van der Waals surface area contributed by atoms with Crippen molar-refractivity contribution in [2.45, 2.75) is 0 Å². The van der Waals surface area contributed by atoms with Crippen LogP contribution in [0.25, 0.3) is 0 Å². The van der Waals surface area contributed by atoms with Crippen molar-refractivity contribution < 1.29 is 5.54 Å². The topological polar surface area (TPSA) is 9.23 Å². The summed E-state index contributed by atoms with van der Waals surface area (Å²) in [5, 5.41) is 2.66. The van der Waals surface area contributed by atoms with Gasteiger partial charge in [0.25, 0.3) is 0 Å². The summed E-state index contributed by atoms with van der Waals surface area (Å²) in [6, 6.07) is 21.0. The van der Waals surface area contributed by atoms with Gasteiger partial charge in [-0.15, -0.1) is 0 Å². The van der Waals surface area contributed by atoms with Crippen molar-refractivity contribution in [2.24, 2.45) is 0 Å². The predicted octanol–water partition coefficient (Wildman–Crippen LogP) is 0.202. The Morgan fingerprint density at radius 3 is 1.53 bits per heavy atom. The van der Waals surface area contributed by atoms with Crippen LogP contribution in [-0.2, 0) is 4.12 Å². The summed E-state index contributed by atoms with van der Waals surface area (Å²) in [6.45, 7) is 0. The molecule has 0 unspecified atom stereocenters. The first-order chi connectivity index (χ1) is 7.42. The van der Waals surface area contributed by atoms with E-state index in [1.807, 2.05) is 12.1 Å². The largest absolute Gasteiger partial charge is 1.00 e. The fourth-order valence-corrected chi connectivity index (χ4v) is 4.71. The third-order valence-corrected chi connectivity index (χ3v) is 5.69. The normalized spacial score (nSPS) is 10.5. The maximum atomic E-state index is 5.69. The van der Waals surface area contributed by atoms with Crippen LogP contribution in [0.4, 0.5) is 0 Å². The highest BCUT2D eigenvalue weighted by Crippen LogP contribution is 1.92. The minimum Gasteiger partial charge on any atom is -0.457 e. The Morgan fingerprint density at radius 2 is 1.20 bits per heavy atom. The molecule has 1 radical (unpaired) electrons. The van der Waals surface area contributed by atoms with Crippen molar-refractivity contribution >= 4 is 29.9 Å². The molecule has 0 aliphatic carbocycles. The van der Waals surface area contributed by atoms with Crippen molar-refractivity contribution in [2.75, 3.05) is 0 Å². The smallest absolute Gasteiger partial charge is 0.457 e. The van der Waals surface area contributed by atoms with Gasteiger partial charge in [0.1, 0.15) is 0 Å². The molecule has 0 atom stereocenters. The van der Waals surface area contributed by atoms with Crippen LogP contribution in [0.3, 0.4) is 0 Å². The van der Waals surface area contributed by atoms with Crippen molar-refractivity contribution in [3.8, 4) is 0 Å². The average Bonchev–Trinajstić information content (AvgIpc) is 2.33. The van der Waals surface area contributed by atoms with Crippen LogP contribution in [0.2, 0.25) is 0 Å². The quantitative estimate of drug-likeness (QED) is 0.685. The van der Waals surface area contributed by atoms with Crippen LogP contribution in [0.1, 0.15) is 1.43 Å². The average molecular weight is 230 g/mol. The molecule has 0 aliphatic rings. The molecule has 0 saturated carbocycles. The lowest BCUT2D eigenvalue weighted by Crippen LogP contribution is -2.44. The van der Waals surface area contributed by atoms with E-state index in [0.29, 0.717) is 0 Å². The maximum absolute atomic E-state index is 5.69. The first-order valence-corrected chi connectivity index (χ1v) is 7.13. The van der Waals surface area contributed by atoms with Gasteiger partial charge in [0.15, 0.2) is 10.5 Å². The van der Waals surface area contributed by atoms with Gasteiger partial charge in [-0.05, 0) is 10.4 Å². The van der Waals surface area contributed by atoms with Gasteiger partial charge in [0, 0.05) is 0 Å². The predicted molar refractivity (Wildman–Crippen MR) is 70.0 cm³/mol. The highest BCUT2D eigenvalue weighted by atomic mass is 28.3. The molecule has 0 aromatic heterocycles. The van der Waals surface area contributed by atoms with Crippen molar-refractivity contribution in [3.63, 3.8) is 0 Å². The van der Waals surface area contributed by atoms with E-state index >= 15 is 0 Å². The fourth-order valence-electron chi connectivity index (χ4n) is 1.64. The van der Waals surface area contributed by atoms with Crippen LogP contribution in [0, 0.1) is 0 Å². The molecule has 0 spiro atoms. The number of benzene rings is 2. The van der Waals surface area contributed by atoms with E-state index in [-0.39, 0.29) is 1.43 Å². The summed E-state index contributed by atoms with van der Waals surface area (Å²) >= 11 is 0. The van der Waals surface area contributed by atoms with Crippen LogP contribution in [0.5, 0.6) is 0 Å². The van der Waals surface area contributed by atoms with Crippen molar-refractivity contribution in [3.05, 3.63) is 60.7 Å². The molecule has 1 nitrogen and oxygen atoms in total. The highest BCUT2D eigenvalue weighted by Gasteiger charge is 2.14. The molecule has 0 bridgehead atoms. The second kappa shape index (κ2) is 5.07. The van der Waals surface area contributed by atoms with Gasteiger partial charge < -0.3 is 4.12 Å². The summed E-state index contributed by atoms with van der Waals surface area (Å²) in [7, 11) is 0.185. The zero-order valence-corrected chi connectivity index (χ0v) is 11.0. The first kappa shape index (κ1) is 10.4. The Labute approximate surface area is 96.5 Å². The van der Waals surface area contributed by atoms with E-state index in [4.69, 9.17) is 4.12 Å². The fraction of sp³-hybridized carbons (Fsp3) is 0. The van der Waals surface area contributed by atoms with Crippen LogP contribution in [-0.4, -0.2) is 19.5 Å². The van der Waals surface area contributed by atoms with Crippen molar-refractivity contribution in [1.82, 2.24) is 0 Å². The summed E-state index contributed by atoms with van der Waals surface area (Å²) in [5.74, 6) is 0. The molecule has 0 N–H and O–H groups in total. The number of hydrogen-bond acceptors (Lipinski definition) is 1. The molecule has 75 valence electrons. The number of rotatable bonds is 3. The Balaban J connectivity index is 0.00000128. The molecular formula is C12H14OSi2+. The van der Waals surface area contributed by atoms with Crippen LogP contribution < -0.4 is 10.4 Å². The Kier molecular flexibility index (Phi) is 3.50. The van der Waals surface area contributed by atoms with E-state index in [9.17, 15) is 0 Å². The van der Waals surface area contributed by atoms with Gasteiger partial charge in [-0.1, -0.05) is 60.7 Å². The monoisotopic (exact) mass is 230 g/mol. The molecule has 2 aromatic rings. The van der Waals surface area contributed by atoms with E-state index in [2.05, 4.69) is 48.5 Å². The molecule has 0 aliphatic heterocycles. The van der Waals surface area contributed by atoms with Gasteiger partial charge in [-0.3, -0.25) is 0 Å². The molecular weight excluding hydrogens is 216 g/mol. The van der Waals surface area contributed by atoms with E-state index < -0.39 is 9.04 Å². The van der Waals surface area contributed by atoms with Gasteiger partial charge >= 0.3 is 1.43 Å². The molecule has 2 rings (SSSR count). The van der Waals surface area contributed by atoms with E-state index in [1.165, 1.54) is 10.4 Å². The van der Waals surface area contributed by atoms with Crippen molar-refractivity contribution in [1.29, 1.82) is 0 Å². The van der Waals surface area contributed by atoms with Gasteiger partial charge in [0.2, 0.25) is 9.04 Å². The zero-order valence-electron chi connectivity index (χ0n) is 9.47. The lowest BCUT2D eigenvalue weighted by molar-refractivity contribution is 0.661. The summed E-state index contributed by atoms with van der Waals surface area (Å²) in [5.41, 5.74) is 0. The highest BCUT2D eigenvalue weighted by molar-refractivity contribution is 6.81.